The molecule has 0 aliphatic heterocycles. The van der Waals surface area contributed by atoms with Crippen molar-refractivity contribution >= 4 is 18.3 Å². The van der Waals surface area contributed by atoms with Gasteiger partial charge in [0.05, 0.1) is 11.8 Å². The molecule has 0 spiro atoms. The van der Waals surface area contributed by atoms with E-state index in [2.05, 4.69) is 17.6 Å². The fourth-order valence-corrected chi connectivity index (χ4v) is 1.16. The summed E-state index contributed by atoms with van der Waals surface area (Å²) in [5.74, 6) is 0.190. The van der Waals surface area contributed by atoms with Crippen LogP contribution in [0.4, 0.5) is 5.69 Å². The third-order valence-electron chi connectivity index (χ3n) is 1.67. The van der Waals surface area contributed by atoms with Crippen LogP contribution in [0.15, 0.2) is 18.5 Å². The van der Waals surface area contributed by atoms with Crippen molar-refractivity contribution in [1.82, 2.24) is 4.98 Å². The number of nitrogens with zero attached hydrogens (tertiary/aromatic N) is 1. The predicted octanol–water partition coefficient (Wildman–Crippen LogP) is -0.0121. The number of nitrogen functional groups attached to an aromatic ring is 1. The molecule has 0 bridgehead atoms. The Morgan fingerprint density at radius 1 is 1.46 bits per heavy atom. The Labute approximate surface area is 81.8 Å². The van der Waals surface area contributed by atoms with Gasteiger partial charge in [-0.2, -0.15) is 12.6 Å². The molecule has 0 aliphatic carbocycles. The summed E-state index contributed by atoms with van der Waals surface area (Å²) in [7, 11) is 0. The first-order valence-electron chi connectivity index (χ1n) is 3.82. The standard InChI is InChI=1S/C8H12N2O2S/c9-6-1-5(2-10-3-6)8(12)7(11)4-13/h1-3,7-8,11-13H,4,9H2. The van der Waals surface area contributed by atoms with E-state index < -0.39 is 12.2 Å². The Kier molecular flexibility index (Phi) is 3.53. The highest BCUT2D eigenvalue weighted by Crippen LogP contribution is 2.18. The second-order valence-corrected chi connectivity index (χ2v) is 3.11. The van der Waals surface area contributed by atoms with E-state index in [1.165, 1.54) is 12.4 Å². The van der Waals surface area contributed by atoms with Gasteiger partial charge in [0.25, 0.3) is 0 Å². The topological polar surface area (TPSA) is 79.4 Å². The zero-order valence-electron chi connectivity index (χ0n) is 6.96. The lowest BCUT2D eigenvalue weighted by molar-refractivity contribution is 0.0336. The minimum atomic E-state index is -0.978. The summed E-state index contributed by atoms with van der Waals surface area (Å²) >= 11 is 3.87. The fraction of sp³-hybridized carbons (Fsp3) is 0.375. The van der Waals surface area contributed by atoms with Gasteiger partial charge in [0.1, 0.15) is 6.10 Å². The lowest BCUT2D eigenvalue weighted by Gasteiger charge is -2.15. The number of aliphatic hydroxyl groups is 2. The minimum Gasteiger partial charge on any atom is -0.397 e. The Morgan fingerprint density at radius 2 is 2.15 bits per heavy atom. The predicted molar refractivity (Wildman–Crippen MR) is 53.5 cm³/mol. The molecular formula is C8H12N2O2S. The molecule has 13 heavy (non-hydrogen) atoms. The Morgan fingerprint density at radius 3 is 2.69 bits per heavy atom. The summed E-state index contributed by atoms with van der Waals surface area (Å²) < 4.78 is 0. The maximum atomic E-state index is 9.52. The van der Waals surface area contributed by atoms with Crippen LogP contribution in [-0.4, -0.2) is 27.1 Å². The van der Waals surface area contributed by atoms with Gasteiger partial charge >= 0.3 is 0 Å². The maximum absolute atomic E-state index is 9.52. The van der Waals surface area contributed by atoms with Gasteiger partial charge in [0.2, 0.25) is 0 Å². The maximum Gasteiger partial charge on any atom is 0.107 e. The highest BCUT2D eigenvalue weighted by molar-refractivity contribution is 7.80. The van der Waals surface area contributed by atoms with E-state index in [0.29, 0.717) is 11.3 Å². The van der Waals surface area contributed by atoms with Crippen LogP contribution >= 0.6 is 12.6 Å². The third kappa shape index (κ3) is 2.58. The molecule has 72 valence electrons. The van der Waals surface area contributed by atoms with Crippen LogP contribution < -0.4 is 5.73 Å². The molecule has 0 amide bonds. The molecule has 5 heteroatoms. The number of aromatic nitrogens is 1. The largest absolute Gasteiger partial charge is 0.397 e. The van der Waals surface area contributed by atoms with E-state index in [4.69, 9.17) is 5.73 Å². The molecule has 1 aromatic heterocycles. The molecular weight excluding hydrogens is 188 g/mol. The van der Waals surface area contributed by atoms with E-state index in [0.717, 1.165) is 0 Å². The summed E-state index contributed by atoms with van der Waals surface area (Å²) in [6.07, 6.45) is 1.07. The molecule has 0 saturated heterocycles. The van der Waals surface area contributed by atoms with Crippen molar-refractivity contribution in [2.24, 2.45) is 0 Å². The first-order chi connectivity index (χ1) is 6.15. The zero-order valence-corrected chi connectivity index (χ0v) is 7.85. The van der Waals surface area contributed by atoms with Crippen molar-refractivity contribution in [1.29, 1.82) is 0 Å². The van der Waals surface area contributed by atoms with E-state index >= 15 is 0 Å². The van der Waals surface area contributed by atoms with Gasteiger partial charge in [-0.1, -0.05) is 0 Å². The normalized spacial score (nSPS) is 15.3. The summed E-state index contributed by atoms with van der Waals surface area (Å²) in [6, 6.07) is 1.57. The van der Waals surface area contributed by atoms with Crippen molar-refractivity contribution in [3.63, 3.8) is 0 Å². The van der Waals surface area contributed by atoms with Gasteiger partial charge in [0.15, 0.2) is 0 Å². The molecule has 4 nitrogen and oxygen atoms in total. The van der Waals surface area contributed by atoms with Gasteiger partial charge in [-0.25, -0.2) is 0 Å². The summed E-state index contributed by atoms with van der Waals surface area (Å²) in [5, 5.41) is 18.8. The summed E-state index contributed by atoms with van der Waals surface area (Å²) in [6.45, 7) is 0. The molecule has 1 rings (SSSR count). The van der Waals surface area contributed by atoms with E-state index in [1.54, 1.807) is 6.07 Å². The van der Waals surface area contributed by atoms with Gasteiger partial charge in [-0.3, -0.25) is 4.98 Å². The smallest absolute Gasteiger partial charge is 0.107 e. The SMILES string of the molecule is Nc1cncc(C(O)C(O)CS)c1. The van der Waals surface area contributed by atoms with Crippen molar-refractivity contribution in [3.05, 3.63) is 24.0 Å². The molecule has 0 aliphatic rings. The first kappa shape index (κ1) is 10.3. The average molecular weight is 200 g/mol. The molecule has 1 aromatic rings. The number of pyridine rings is 1. The molecule has 2 unspecified atom stereocenters. The van der Waals surface area contributed by atoms with Crippen LogP contribution in [0.3, 0.4) is 0 Å². The van der Waals surface area contributed by atoms with E-state index in [1.807, 2.05) is 0 Å². The van der Waals surface area contributed by atoms with E-state index in [-0.39, 0.29) is 5.75 Å². The quantitative estimate of drug-likeness (QED) is 0.517. The molecule has 2 atom stereocenters. The molecule has 1 heterocycles. The Balaban J connectivity index is 2.82. The van der Waals surface area contributed by atoms with Crippen LogP contribution in [0.25, 0.3) is 0 Å². The third-order valence-corrected chi connectivity index (χ3v) is 2.05. The highest BCUT2D eigenvalue weighted by Gasteiger charge is 2.16. The second-order valence-electron chi connectivity index (χ2n) is 2.75. The molecule has 0 saturated carbocycles. The van der Waals surface area contributed by atoms with Gasteiger partial charge in [-0.15, -0.1) is 0 Å². The van der Waals surface area contributed by atoms with Crippen molar-refractivity contribution in [2.75, 3.05) is 11.5 Å². The number of aliphatic hydroxyl groups excluding tert-OH is 2. The van der Waals surface area contributed by atoms with Crippen molar-refractivity contribution in [2.45, 2.75) is 12.2 Å². The number of anilines is 1. The lowest BCUT2D eigenvalue weighted by Crippen LogP contribution is -2.19. The zero-order chi connectivity index (χ0) is 9.84. The summed E-state index contributed by atoms with van der Waals surface area (Å²) in [5.41, 5.74) is 6.43. The van der Waals surface area contributed by atoms with Gasteiger partial charge < -0.3 is 15.9 Å². The summed E-state index contributed by atoms with van der Waals surface area (Å²) in [4.78, 5) is 3.80. The van der Waals surface area contributed by atoms with Crippen LogP contribution in [0.1, 0.15) is 11.7 Å². The second kappa shape index (κ2) is 4.45. The number of rotatable bonds is 3. The van der Waals surface area contributed by atoms with Gasteiger partial charge in [0, 0.05) is 23.7 Å². The highest BCUT2D eigenvalue weighted by atomic mass is 32.1. The van der Waals surface area contributed by atoms with Crippen LogP contribution in [0.5, 0.6) is 0 Å². The number of thiol groups is 1. The Bertz CT molecular complexity index is 283. The van der Waals surface area contributed by atoms with Crippen LogP contribution in [0.2, 0.25) is 0 Å². The molecule has 0 radical (unpaired) electrons. The minimum absolute atomic E-state index is 0.190. The molecule has 0 fully saturated rings. The molecule has 4 N–H and O–H groups in total. The fourth-order valence-electron chi connectivity index (χ4n) is 0.960. The van der Waals surface area contributed by atoms with Gasteiger partial charge in [-0.05, 0) is 6.07 Å². The van der Waals surface area contributed by atoms with E-state index in [9.17, 15) is 10.2 Å². The lowest BCUT2D eigenvalue weighted by atomic mass is 10.1. The number of hydrogen-bond acceptors (Lipinski definition) is 5. The average Bonchev–Trinajstić information content (AvgIpc) is 2.15. The van der Waals surface area contributed by atoms with Crippen LogP contribution in [-0.2, 0) is 0 Å². The van der Waals surface area contributed by atoms with Crippen LogP contribution in [0, 0.1) is 0 Å². The molecule has 0 aromatic carbocycles. The van der Waals surface area contributed by atoms with Crippen molar-refractivity contribution < 1.29 is 10.2 Å². The Hall–Kier alpha value is -0.780. The number of hydrogen-bond donors (Lipinski definition) is 4. The monoisotopic (exact) mass is 200 g/mol. The number of nitrogens with two attached hydrogens (primary N) is 1. The first-order valence-corrected chi connectivity index (χ1v) is 4.46. The van der Waals surface area contributed by atoms with Crippen molar-refractivity contribution in [3.8, 4) is 0 Å².